The monoisotopic (exact) mass is 348 g/mol. The summed E-state index contributed by atoms with van der Waals surface area (Å²) in [5.74, 6) is -0.625. The van der Waals surface area contributed by atoms with E-state index in [4.69, 9.17) is 16.3 Å². The van der Waals surface area contributed by atoms with E-state index in [1.165, 1.54) is 16.4 Å². The fourth-order valence-electron chi connectivity index (χ4n) is 3.04. The first-order valence-corrected chi connectivity index (χ1v) is 9.00. The molecule has 0 amide bonds. The molecule has 5 nitrogen and oxygen atoms in total. The first-order chi connectivity index (χ1) is 10.4. The van der Waals surface area contributed by atoms with Gasteiger partial charge < -0.3 is 4.74 Å². The van der Waals surface area contributed by atoms with Crippen molar-refractivity contribution in [3.8, 4) is 0 Å². The van der Waals surface area contributed by atoms with Crippen molar-refractivity contribution >= 4 is 21.6 Å². The van der Waals surface area contributed by atoms with Gasteiger partial charge in [0.05, 0.1) is 23.1 Å². The van der Waals surface area contributed by atoms with Crippen molar-refractivity contribution in [1.82, 2.24) is 9.21 Å². The van der Waals surface area contributed by atoms with Gasteiger partial charge in [-0.05, 0) is 25.1 Å². The van der Waals surface area contributed by atoms with Crippen LogP contribution in [0.4, 0.5) is 4.39 Å². The molecule has 2 saturated heterocycles. The number of hydrogen-bond donors (Lipinski definition) is 0. The molecule has 2 atom stereocenters. The SMILES string of the molecule is C[C@H]1COC[C@H]2CN(S(=O)(=O)c3ccc(F)c(Cl)c3)CCN21. The Hall–Kier alpha value is -0.730. The van der Waals surface area contributed by atoms with Crippen LogP contribution < -0.4 is 0 Å². The summed E-state index contributed by atoms with van der Waals surface area (Å²) in [5.41, 5.74) is 0. The van der Waals surface area contributed by atoms with Crippen molar-refractivity contribution in [2.45, 2.75) is 23.9 Å². The van der Waals surface area contributed by atoms with Gasteiger partial charge in [0.25, 0.3) is 0 Å². The van der Waals surface area contributed by atoms with E-state index in [1.807, 2.05) is 0 Å². The second kappa shape index (κ2) is 6.05. The lowest BCUT2D eigenvalue weighted by Gasteiger charge is -2.46. The van der Waals surface area contributed by atoms with Crippen LogP contribution in [0.5, 0.6) is 0 Å². The summed E-state index contributed by atoms with van der Waals surface area (Å²) >= 11 is 5.70. The van der Waals surface area contributed by atoms with Crippen LogP contribution in [0.2, 0.25) is 5.02 Å². The van der Waals surface area contributed by atoms with Gasteiger partial charge in [-0.2, -0.15) is 4.31 Å². The largest absolute Gasteiger partial charge is 0.378 e. The Kier molecular flexibility index (Phi) is 4.44. The lowest BCUT2D eigenvalue weighted by atomic mass is 10.1. The molecule has 2 heterocycles. The minimum atomic E-state index is -3.67. The highest BCUT2D eigenvalue weighted by molar-refractivity contribution is 7.89. The van der Waals surface area contributed by atoms with Gasteiger partial charge in [0.15, 0.2) is 0 Å². The normalized spacial score (nSPS) is 27.6. The zero-order valence-electron chi connectivity index (χ0n) is 12.2. The first-order valence-electron chi connectivity index (χ1n) is 7.18. The molecule has 0 N–H and O–H groups in total. The molecule has 0 radical (unpaired) electrons. The maximum Gasteiger partial charge on any atom is 0.243 e. The van der Waals surface area contributed by atoms with Crippen molar-refractivity contribution < 1.29 is 17.5 Å². The number of hydrogen-bond acceptors (Lipinski definition) is 4. The average Bonchev–Trinajstić information content (AvgIpc) is 2.50. The van der Waals surface area contributed by atoms with Crippen LogP contribution in [0.25, 0.3) is 0 Å². The number of benzene rings is 1. The molecular formula is C14H18ClFN2O3S. The molecule has 0 aliphatic carbocycles. The fourth-order valence-corrected chi connectivity index (χ4v) is 4.79. The lowest BCUT2D eigenvalue weighted by Crippen LogP contribution is -2.61. The standard InChI is InChI=1S/C14H18ClFN2O3S/c1-10-8-21-9-11-7-17(4-5-18(10)11)22(19,20)12-2-3-14(16)13(15)6-12/h2-3,6,10-11H,4-5,7-9H2,1H3/t10-,11+/m0/s1. The van der Waals surface area contributed by atoms with Gasteiger partial charge in [-0.3, -0.25) is 4.90 Å². The van der Waals surface area contributed by atoms with Crippen LogP contribution in [0.3, 0.4) is 0 Å². The molecule has 0 bridgehead atoms. The van der Waals surface area contributed by atoms with E-state index in [0.717, 1.165) is 6.07 Å². The number of piperazine rings is 1. The van der Waals surface area contributed by atoms with Crippen LogP contribution in [0.1, 0.15) is 6.92 Å². The molecule has 0 saturated carbocycles. The zero-order valence-corrected chi connectivity index (χ0v) is 13.8. The minimum Gasteiger partial charge on any atom is -0.378 e. The van der Waals surface area contributed by atoms with Gasteiger partial charge in [0.1, 0.15) is 5.82 Å². The predicted molar refractivity (Wildman–Crippen MR) is 80.9 cm³/mol. The number of nitrogens with zero attached hydrogens (tertiary/aromatic N) is 2. The Bertz CT molecular complexity index is 670. The van der Waals surface area contributed by atoms with Gasteiger partial charge in [-0.15, -0.1) is 0 Å². The minimum absolute atomic E-state index is 0.0251. The van der Waals surface area contributed by atoms with Gasteiger partial charge in [0, 0.05) is 31.7 Å². The number of sulfonamides is 1. The Labute approximate surface area is 134 Å². The molecule has 1 aromatic carbocycles. The fraction of sp³-hybridized carbons (Fsp3) is 0.571. The Morgan fingerprint density at radius 2 is 2.09 bits per heavy atom. The summed E-state index contributed by atoms with van der Waals surface area (Å²) in [6.45, 7) is 4.75. The number of ether oxygens (including phenoxy) is 1. The Balaban J connectivity index is 1.82. The van der Waals surface area contributed by atoms with E-state index in [0.29, 0.717) is 38.9 Å². The molecule has 0 unspecified atom stereocenters. The highest BCUT2D eigenvalue weighted by atomic mass is 35.5. The second-order valence-electron chi connectivity index (χ2n) is 5.72. The number of fused-ring (bicyclic) bond motifs is 1. The summed E-state index contributed by atoms with van der Waals surface area (Å²) in [7, 11) is -3.67. The van der Waals surface area contributed by atoms with Crippen molar-refractivity contribution in [2.24, 2.45) is 0 Å². The maximum atomic E-state index is 13.2. The molecule has 8 heteroatoms. The van der Waals surface area contributed by atoms with Crippen molar-refractivity contribution in [2.75, 3.05) is 32.8 Å². The third-order valence-corrected chi connectivity index (χ3v) is 6.41. The van der Waals surface area contributed by atoms with Gasteiger partial charge in [0.2, 0.25) is 10.0 Å². The number of halogens is 2. The number of rotatable bonds is 2. The van der Waals surface area contributed by atoms with Gasteiger partial charge in [-0.1, -0.05) is 11.6 Å². The van der Waals surface area contributed by atoms with Crippen molar-refractivity contribution in [3.05, 3.63) is 29.0 Å². The van der Waals surface area contributed by atoms with E-state index < -0.39 is 15.8 Å². The molecule has 22 heavy (non-hydrogen) atoms. The molecule has 1 aromatic rings. The van der Waals surface area contributed by atoms with Crippen LogP contribution >= 0.6 is 11.6 Å². The highest BCUT2D eigenvalue weighted by Crippen LogP contribution is 2.26. The van der Waals surface area contributed by atoms with Crippen LogP contribution in [-0.4, -0.2) is 62.6 Å². The van der Waals surface area contributed by atoms with E-state index in [2.05, 4.69) is 11.8 Å². The number of morpholine rings is 1. The quantitative estimate of drug-likeness (QED) is 0.814. The molecular weight excluding hydrogens is 331 g/mol. The van der Waals surface area contributed by atoms with E-state index in [-0.39, 0.29) is 16.0 Å². The zero-order chi connectivity index (χ0) is 15.9. The molecule has 2 aliphatic heterocycles. The van der Waals surface area contributed by atoms with Crippen LogP contribution in [0, 0.1) is 5.82 Å². The average molecular weight is 349 g/mol. The predicted octanol–water partition coefficient (Wildman–Crippen LogP) is 1.57. The van der Waals surface area contributed by atoms with E-state index in [9.17, 15) is 12.8 Å². The molecule has 0 spiro atoms. The third-order valence-electron chi connectivity index (χ3n) is 4.26. The van der Waals surface area contributed by atoms with E-state index >= 15 is 0 Å². The highest BCUT2D eigenvalue weighted by Gasteiger charge is 2.38. The Morgan fingerprint density at radius 1 is 1.32 bits per heavy atom. The molecule has 2 fully saturated rings. The Morgan fingerprint density at radius 3 is 2.82 bits per heavy atom. The summed E-state index contributed by atoms with van der Waals surface area (Å²) in [4.78, 5) is 2.31. The molecule has 122 valence electrons. The summed E-state index contributed by atoms with van der Waals surface area (Å²) in [6, 6.07) is 3.85. The van der Waals surface area contributed by atoms with E-state index in [1.54, 1.807) is 0 Å². The second-order valence-corrected chi connectivity index (χ2v) is 8.06. The lowest BCUT2D eigenvalue weighted by molar-refractivity contribution is -0.0634. The topological polar surface area (TPSA) is 49.9 Å². The molecule has 2 aliphatic rings. The molecule has 3 rings (SSSR count). The van der Waals surface area contributed by atoms with Crippen LogP contribution in [0.15, 0.2) is 23.1 Å². The third kappa shape index (κ3) is 2.88. The maximum absolute atomic E-state index is 13.2. The van der Waals surface area contributed by atoms with Crippen LogP contribution in [-0.2, 0) is 14.8 Å². The summed E-state index contributed by atoms with van der Waals surface area (Å²) in [5, 5.41) is -0.186. The van der Waals surface area contributed by atoms with Gasteiger partial charge >= 0.3 is 0 Å². The van der Waals surface area contributed by atoms with Gasteiger partial charge in [-0.25, -0.2) is 12.8 Å². The molecule has 0 aromatic heterocycles. The van der Waals surface area contributed by atoms with Crippen molar-refractivity contribution in [3.63, 3.8) is 0 Å². The smallest absolute Gasteiger partial charge is 0.243 e. The summed E-state index contributed by atoms with van der Waals surface area (Å²) in [6.07, 6.45) is 0. The van der Waals surface area contributed by atoms with Crippen molar-refractivity contribution in [1.29, 1.82) is 0 Å². The summed E-state index contributed by atoms with van der Waals surface area (Å²) < 4.78 is 45.6. The first kappa shape index (κ1) is 16.1.